The Kier molecular flexibility index (Phi) is 3.74. The van der Waals surface area contributed by atoms with Crippen LogP contribution in [0.15, 0.2) is 42.0 Å². The van der Waals surface area contributed by atoms with E-state index in [1.807, 2.05) is 23.1 Å². The van der Waals surface area contributed by atoms with Gasteiger partial charge in [0.05, 0.1) is 17.8 Å². The van der Waals surface area contributed by atoms with Crippen molar-refractivity contribution in [2.45, 2.75) is 19.6 Å². The second-order valence-electron chi connectivity index (χ2n) is 4.82. The van der Waals surface area contributed by atoms with Gasteiger partial charge in [0.2, 0.25) is 0 Å². The Morgan fingerprint density at radius 2 is 1.91 bits per heavy atom. The van der Waals surface area contributed by atoms with Gasteiger partial charge in [0, 0.05) is 23.3 Å². The topological polar surface area (TPSA) is 30.7 Å². The molecule has 0 radical (unpaired) electrons. The first kappa shape index (κ1) is 14.8. The van der Waals surface area contributed by atoms with E-state index in [-0.39, 0.29) is 0 Å². The van der Waals surface area contributed by atoms with Gasteiger partial charge in [-0.1, -0.05) is 12.1 Å². The van der Waals surface area contributed by atoms with E-state index in [2.05, 4.69) is 9.97 Å². The fraction of sp³-hybridized carbons (Fsp3) is 0.200. The standard InChI is InChI=1S/C15H12F3N3S/c1-10-19-6-7-21(10)8-13-9-22-14(20-13)11-2-4-12(5-3-11)15(16,17)18/h2-7,9H,8H2,1H3. The molecule has 2 aromatic heterocycles. The number of nitrogens with zero attached hydrogens (tertiary/aromatic N) is 3. The van der Waals surface area contributed by atoms with Crippen LogP contribution in [-0.4, -0.2) is 14.5 Å². The van der Waals surface area contributed by atoms with E-state index in [0.717, 1.165) is 23.7 Å². The van der Waals surface area contributed by atoms with E-state index >= 15 is 0 Å². The lowest BCUT2D eigenvalue weighted by molar-refractivity contribution is -0.137. The van der Waals surface area contributed by atoms with Gasteiger partial charge in [0.15, 0.2) is 0 Å². The van der Waals surface area contributed by atoms with Gasteiger partial charge in [-0.05, 0) is 19.1 Å². The predicted molar refractivity (Wildman–Crippen MR) is 78.6 cm³/mol. The van der Waals surface area contributed by atoms with Crippen LogP contribution < -0.4 is 0 Å². The van der Waals surface area contributed by atoms with E-state index in [1.165, 1.54) is 23.5 Å². The molecule has 0 amide bonds. The predicted octanol–water partition coefficient (Wildman–Crippen LogP) is 4.38. The lowest BCUT2D eigenvalue weighted by Crippen LogP contribution is -2.04. The molecule has 22 heavy (non-hydrogen) atoms. The van der Waals surface area contributed by atoms with Gasteiger partial charge in [0.1, 0.15) is 10.8 Å². The maximum Gasteiger partial charge on any atom is 0.416 e. The molecule has 0 atom stereocenters. The molecule has 0 aliphatic rings. The van der Waals surface area contributed by atoms with Gasteiger partial charge in [-0.3, -0.25) is 0 Å². The Bertz CT molecular complexity index is 772. The third-order valence-corrected chi connectivity index (χ3v) is 4.21. The second-order valence-corrected chi connectivity index (χ2v) is 5.68. The number of alkyl halides is 3. The molecule has 1 aromatic carbocycles. The molecule has 0 aliphatic carbocycles. The van der Waals surface area contributed by atoms with Crippen LogP contribution in [0, 0.1) is 6.92 Å². The molecule has 3 rings (SSSR count). The molecule has 0 saturated carbocycles. The number of hydrogen-bond acceptors (Lipinski definition) is 3. The number of imidazole rings is 1. The van der Waals surface area contributed by atoms with E-state index < -0.39 is 11.7 Å². The van der Waals surface area contributed by atoms with Crippen LogP contribution in [0.25, 0.3) is 10.6 Å². The van der Waals surface area contributed by atoms with Gasteiger partial charge in [-0.15, -0.1) is 11.3 Å². The molecule has 3 aromatic rings. The summed E-state index contributed by atoms with van der Waals surface area (Å²) in [5.74, 6) is 0.893. The average molecular weight is 323 g/mol. The third-order valence-electron chi connectivity index (χ3n) is 3.27. The van der Waals surface area contributed by atoms with Crippen LogP contribution in [-0.2, 0) is 12.7 Å². The molecule has 0 N–H and O–H groups in total. The number of benzene rings is 1. The van der Waals surface area contributed by atoms with Crippen LogP contribution in [0.4, 0.5) is 13.2 Å². The lowest BCUT2D eigenvalue weighted by Gasteiger charge is -2.06. The quantitative estimate of drug-likeness (QED) is 0.716. The van der Waals surface area contributed by atoms with Gasteiger partial charge in [-0.2, -0.15) is 13.2 Å². The summed E-state index contributed by atoms with van der Waals surface area (Å²) in [6, 6.07) is 5.06. The molecule has 2 heterocycles. The van der Waals surface area contributed by atoms with Crippen LogP contribution >= 0.6 is 11.3 Å². The SMILES string of the molecule is Cc1nccn1Cc1csc(-c2ccc(C(F)(F)F)cc2)n1. The molecular formula is C15H12F3N3S. The van der Waals surface area contributed by atoms with Crippen molar-refractivity contribution < 1.29 is 13.2 Å². The molecule has 7 heteroatoms. The molecular weight excluding hydrogens is 311 g/mol. The summed E-state index contributed by atoms with van der Waals surface area (Å²) >= 11 is 1.42. The summed E-state index contributed by atoms with van der Waals surface area (Å²) in [6.45, 7) is 2.51. The Hall–Kier alpha value is -2.15. The van der Waals surface area contributed by atoms with Gasteiger partial charge in [-0.25, -0.2) is 9.97 Å². The Morgan fingerprint density at radius 1 is 1.18 bits per heavy atom. The van der Waals surface area contributed by atoms with Crippen molar-refractivity contribution in [3.63, 3.8) is 0 Å². The molecule has 0 spiro atoms. The van der Waals surface area contributed by atoms with Crippen LogP contribution in [0.5, 0.6) is 0 Å². The maximum atomic E-state index is 12.6. The number of thiazole rings is 1. The summed E-state index contributed by atoms with van der Waals surface area (Å²) in [7, 11) is 0. The largest absolute Gasteiger partial charge is 0.416 e. The molecule has 0 unspecified atom stereocenters. The van der Waals surface area contributed by atoms with Crippen molar-refractivity contribution in [3.8, 4) is 10.6 Å². The van der Waals surface area contributed by atoms with E-state index in [4.69, 9.17) is 0 Å². The Labute approximate surface area is 129 Å². The Balaban J connectivity index is 1.80. The van der Waals surface area contributed by atoms with E-state index in [0.29, 0.717) is 17.1 Å². The minimum Gasteiger partial charge on any atom is -0.329 e. The highest BCUT2D eigenvalue weighted by molar-refractivity contribution is 7.13. The number of aryl methyl sites for hydroxylation is 1. The number of aromatic nitrogens is 3. The Morgan fingerprint density at radius 3 is 2.50 bits per heavy atom. The monoisotopic (exact) mass is 323 g/mol. The molecule has 3 nitrogen and oxygen atoms in total. The van der Waals surface area contributed by atoms with Crippen molar-refractivity contribution in [1.82, 2.24) is 14.5 Å². The number of hydrogen-bond donors (Lipinski definition) is 0. The van der Waals surface area contributed by atoms with Crippen molar-refractivity contribution >= 4 is 11.3 Å². The highest BCUT2D eigenvalue weighted by atomic mass is 32.1. The van der Waals surface area contributed by atoms with Gasteiger partial charge < -0.3 is 4.57 Å². The average Bonchev–Trinajstić information content (AvgIpc) is 3.09. The highest BCUT2D eigenvalue weighted by Crippen LogP contribution is 2.31. The van der Waals surface area contributed by atoms with E-state index in [9.17, 15) is 13.2 Å². The fourth-order valence-corrected chi connectivity index (χ4v) is 2.88. The minimum atomic E-state index is -4.31. The van der Waals surface area contributed by atoms with Crippen LogP contribution in [0.3, 0.4) is 0 Å². The summed E-state index contributed by atoms with van der Waals surface area (Å²) in [5.41, 5.74) is 0.898. The highest BCUT2D eigenvalue weighted by Gasteiger charge is 2.30. The zero-order chi connectivity index (χ0) is 15.7. The fourth-order valence-electron chi connectivity index (χ4n) is 2.06. The molecule has 0 bridgehead atoms. The maximum absolute atomic E-state index is 12.6. The van der Waals surface area contributed by atoms with Crippen LogP contribution in [0.1, 0.15) is 17.1 Å². The first-order valence-electron chi connectivity index (χ1n) is 6.53. The molecule has 0 saturated heterocycles. The molecule has 0 aliphatic heterocycles. The van der Waals surface area contributed by atoms with Crippen molar-refractivity contribution in [2.75, 3.05) is 0 Å². The van der Waals surface area contributed by atoms with Gasteiger partial charge >= 0.3 is 6.18 Å². The smallest absolute Gasteiger partial charge is 0.329 e. The zero-order valence-corrected chi connectivity index (χ0v) is 12.4. The number of halogens is 3. The summed E-state index contributed by atoms with van der Waals surface area (Å²) in [5, 5.41) is 2.62. The zero-order valence-electron chi connectivity index (χ0n) is 11.6. The van der Waals surface area contributed by atoms with Crippen LogP contribution in [0.2, 0.25) is 0 Å². The molecule has 0 fully saturated rings. The minimum absolute atomic E-state index is 0.600. The van der Waals surface area contributed by atoms with Crippen molar-refractivity contribution in [2.24, 2.45) is 0 Å². The normalized spacial score (nSPS) is 11.8. The first-order chi connectivity index (χ1) is 10.4. The lowest BCUT2D eigenvalue weighted by atomic mass is 10.1. The first-order valence-corrected chi connectivity index (χ1v) is 7.41. The summed E-state index contributed by atoms with van der Waals surface area (Å²) in [6.07, 6.45) is -0.726. The summed E-state index contributed by atoms with van der Waals surface area (Å²) in [4.78, 5) is 8.62. The van der Waals surface area contributed by atoms with Crippen molar-refractivity contribution in [1.29, 1.82) is 0 Å². The van der Waals surface area contributed by atoms with E-state index in [1.54, 1.807) is 6.20 Å². The summed E-state index contributed by atoms with van der Waals surface area (Å²) < 4.78 is 39.6. The second kappa shape index (κ2) is 5.57. The van der Waals surface area contributed by atoms with Crippen molar-refractivity contribution in [3.05, 3.63) is 59.1 Å². The molecule has 114 valence electrons. The third kappa shape index (κ3) is 3.04. The van der Waals surface area contributed by atoms with Gasteiger partial charge in [0.25, 0.3) is 0 Å². The number of rotatable bonds is 3.